The van der Waals surface area contributed by atoms with Crippen molar-refractivity contribution in [1.29, 1.82) is 0 Å². The van der Waals surface area contributed by atoms with Crippen LogP contribution in [0.1, 0.15) is 39.0 Å². The predicted octanol–water partition coefficient (Wildman–Crippen LogP) is 3.33. The van der Waals surface area contributed by atoms with Gasteiger partial charge in [0.15, 0.2) is 0 Å². The van der Waals surface area contributed by atoms with Crippen LogP contribution in [0.4, 0.5) is 10.1 Å². The smallest absolute Gasteiger partial charge is 0.145 e. The van der Waals surface area contributed by atoms with E-state index in [1.165, 1.54) is 38.2 Å². The third kappa shape index (κ3) is 2.86. The zero-order chi connectivity index (χ0) is 14.8. The largest absolute Gasteiger partial charge is 0.494 e. The Morgan fingerprint density at radius 1 is 1.29 bits per heavy atom. The molecule has 0 radical (unpaired) electrons. The molecule has 0 aromatic heterocycles. The minimum Gasteiger partial charge on any atom is -0.494 e. The Morgan fingerprint density at radius 3 is 2.62 bits per heavy atom. The van der Waals surface area contributed by atoms with Crippen molar-refractivity contribution in [3.05, 3.63) is 24.0 Å². The second kappa shape index (κ2) is 6.22. The van der Waals surface area contributed by atoms with Gasteiger partial charge in [0, 0.05) is 24.2 Å². The molecular weight excluding hydrogens is 267 g/mol. The summed E-state index contributed by atoms with van der Waals surface area (Å²) in [6.07, 6.45) is 6.00. The number of fused-ring (bicyclic) bond motifs is 2. The number of rotatable bonds is 5. The van der Waals surface area contributed by atoms with Crippen LogP contribution in [0.15, 0.2) is 18.2 Å². The first kappa shape index (κ1) is 14.6. The monoisotopic (exact) mass is 292 g/mol. The van der Waals surface area contributed by atoms with Crippen LogP contribution < -0.4 is 15.0 Å². The second-order valence-corrected chi connectivity index (χ2v) is 6.23. The van der Waals surface area contributed by atoms with Gasteiger partial charge in [0.1, 0.15) is 11.6 Å². The summed E-state index contributed by atoms with van der Waals surface area (Å²) in [5.74, 6) is 0.425. The van der Waals surface area contributed by atoms with Crippen LogP contribution >= 0.6 is 0 Å². The molecule has 1 aromatic rings. The molecule has 2 aliphatic rings. The molecule has 4 heteroatoms. The van der Waals surface area contributed by atoms with Crippen molar-refractivity contribution in [2.45, 2.75) is 57.2 Å². The average molecular weight is 292 g/mol. The van der Waals surface area contributed by atoms with Gasteiger partial charge in [-0.25, -0.2) is 4.39 Å². The van der Waals surface area contributed by atoms with Crippen molar-refractivity contribution >= 4 is 5.69 Å². The Labute approximate surface area is 126 Å². The lowest BCUT2D eigenvalue weighted by Crippen LogP contribution is -2.49. The van der Waals surface area contributed by atoms with Crippen LogP contribution in [-0.2, 0) is 0 Å². The lowest BCUT2D eigenvalue weighted by Gasteiger charge is -2.41. The minimum atomic E-state index is -0.234. The lowest BCUT2D eigenvalue weighted by molar-refractivity contribution is 0.350. The zero-order valence-corrected chi connectivity index (χ0v) is 12.9. The van der Waals surface area contributed by atoms with E-state index in [9.17, 15) is 4.39 Å². The highest BCUT2D eigenvalue weighted by molar-refractivity contribution is 5.61. The van der Waals surface area contributed by atoms with Crippen LogP contribution in [-0.4, -0.2) is 31.8 Å². The molecule has 2 heterocycles. The summed E-state index contributed by atoms with van der Waals surface area (Å²) in [6.45, 7) is 3.31. The summed E-state index contributed by atoms with van der Waals surface area (Å²) in [7, 11) is 1.62. The van der Waals surface area contributed by atoms with Crippen molar-refractivity contribution in [1.82, 2.24) is 5.32 Å². The number of halogens is 1. The fourth-order valence-electron chi connectivity index (χ4n) is 3.95. The molecule has 1 N–H and O–H groups in total. The van der Waals surface area contributed by atoms with Crippen molar-refractivity contribution in [2.24, 2.45) is 0 Å². The van der Waals surface area contributed by atoms with Crippen molar-refractivity contribution < 1.29 is 9.13 Å². The number of ether oxygens (including phenoxy) is 1. The van der Waals surface area contributed by atoms with Gasteiger partial charge in [0.05, 0.1) is 12.8 Å². The van der Waals surface area contributed by atoms with Crippen molar-refractivity contribution in [3.8, 4) is 5.75 Å². The highest BCUT2D eigenvalue weighted by atomic mass is 19.1. The maximum absolute atomic E-state index is 13.4. The molecule has 0 saturated carbocycles. The number of nitrogens with zero attached hydrogens (tertiary/aromatic N) is 1. The van der Waals surface area contributed by atoms with Gasteiger partial charge in [0.2, 0.25) is 0 Å². The van der Waals surface area contributed by atoms with Crippen LogP contribution in [0.2, 0.25) is 0 Å². The zero-order valence-electron chi connectivity index (χ0n) is 12.9. The summed E-state index contributed by atoms with van der Waals surface area (Å²) in [6, 6.07) is 6.65. The second-order valence-electron chi connectivity index (χ2n) is 6.23. The highest BCUT2D eigenvalue weighted by Gasteiger charge is 2.41. The van der Waals surface area contributed by atoms with E-state index in [1.807, 2.05) is 6.07 Å². The van der Waals surface area contributed by atoms with Gasteiger partial charge in [0.25, 0.3) is 0 Å². The quantitative estimate of drug-likeness (QED) is 0.901. The van der Waals surface area contributed by atoms with E-state index in [4.69, 9.17) is 4.74 Å². The Kier molecular flexibility index (Phi) is 4.34. The fraction of sp³-hybridized carbons (Fsp3) is 0.647. The van der Waals surface area contributed by atoms with Crippen LogP contribution in [0.25, 0.3) is 0 Å². The SMILES string of the molecule is CCCNC1CC2CCC(C1)N2c1ccc(F)cc1OC. The predicted molar refractivity (Wildman–Crippen MR) is 83.6 cm³/mol. The Hall–Kier alpha value is -1.29. The van der Waals surface area contributed by atoms with E-state index in [1.54, 1.807) is 13.2 Å². The van der Waals surface area contributed by atoms with Gasteiger partial charge in [-0.3, -0.25) is 0 Å². The molecule has 2 fully saturated rings. The molecule has 3 rings (SSSR count). The van der Waals surface area contributed by atoms with Gasteiger partial charge in [-0.2, -0.15) is 0 Å². The van der Waals surface area contributed by atoms with E-state index in [2.05, 4.69) is 17.1 Å². The van der Waals surface area contributed by atoms with Gasteiger partial charge >= 0.3 is 0 Å². The van der Waals surface area contributed by atoms with Crippen molar-refractivity contribution in [2.75, 3.05) is 18.6 Å². The summed E-state index contributed by atoms with van der Waals surface area (Å²) < 4.78 is 18.8. The molecule has 2 aliphatic heterocycles. The van der Waals surface area contributed by atoms with E-state index < -0.39 is 0 Å². The first-order chi connectivity index (χ1) is 10.2. The van der Waals surface area contributed by atoms with Gasteiger partial charge in [-0.05, 0) is 50.8 Å². The Morgan fingerprint density at radius 2 is 2.00 bits per heavy atom. The first-order valence-electron chi connectivity index (χ1n) is 8.08. The van der Waals surface area contributed by atoms with Crippen LogP contribution in [0.5, 0.6) is 5.75 Å². The molecule has 2 saturated heterocycles. The van der Waals surface area contributed by atoms with E-state index >= 15 is 0 Å². The summed E-state index contributed by atoms with van der Waals surface area (Å²) in [5, 5.41) is 3.66. The first-order valence-corrected chi connectivity index (χ1v) is 8.08. The standard InChI is InChI=1S/C17H25FN2O/c1-3-8-19-13-10-14-5-6-15(11-13)20(14)16-7-4-12(18)9-17(16)21-2/h4,7,9,13-15,19H,3,5-6,8,10-11H2,1-2H3. The highest BCUT2D eigenvalue weighted by Crippen LogP contribution is 2.43. The summed E-state index contributed by atoms with van der Waals surface area (Å²) >= 11 is 0. The molecule has 1 aromatic carbocycles. The fourth-order valence-corrected chi connectivity index (χ4v) is 3.95. The number of methoxy groups -OCH3 is 1. The number of piperidine rings is 1. The topological polar surface area (TPSA) is 24.5 Å². The van der Waals surface area contributed by atoms with E-state index in [0.29, 0.717) is 23.9 Å². The van der Waals surface area contributed by atoms with Gasteiger partial charge in [-0.15, -0.1) is 0 Å². The maximum Gasteiger partial charge on any atom is 0.145 e. The van der Waals surface area contributed by atoms with E-state index in [-0.39, 0.29) is 5.82 Å². The Bertz CT molecular complexity index is 480. The lowest BCUT2D eigenvalue weighted by atomic mass is 9.96. The number of anilines is 1. The van der Waals surface area contributed by atoms with E-state index in [0.717, 1.165) is 12.2 Å². The molecule has 0 aliphatic carbocycles. The summed E-state index contributed by atoms with van der Waals surface area (Å²) in [4.78, 5) is 2.47. The Balaban J connectivity index is 1.79. The molecule has 116 valence electrons. The number of nitrogens with one attached hydrogen (secondary N) is 1. The number of hydrogen-bond acceptors (Lipinski definition) is 3. The third-order valence-corrected chi connectivity index (χ3v) is 4.84. The molecule has 21 heavy (non-hydrogen) atoms. The van der Waals surface area contributed by atoms with Crippen LogP contribution in [0, 0.1) is 5.82 Å². The molecule has 2 unspecified atom stereocenters. The van der Waals surface area contributed by atoms with Gasteiger partial charge in [-0.1, -0.05) is 6.92 Å². The summed E-state index contributed by atoms with van der Waals surface area (Å²) in [5.41, 5.74) is 1.06. The van der Waals surface area contributed by atoms with Gasteiger partial charge < -0.3 is 15.0 Å². The van der Waals surface area contributed by atoms with Crippen LogP contribution in [0.3, 0.4) is 0 Å². The van der Waals surface area contributed by atoms with Crippen molar-refractivity contribution in [3.63, 3.8) is 0 Å². The molecule has 3 nitrogen and oxygen atoms in total. The normalized spacial score (nSPS) is 28.0. The molecule has 2 atom stereocenters. The molecular formula is C17H25FN2O. The maximum atomic E-state index is 13.4. The third-order valence-electron chi connectivity index (χ3n) is 4.84. The number of benzene rings is 1. The number of hydrogen-bond donors (Lipinski definition) is 1. The molecule has 0 spiro atoms. The molecule has 0 amide bonds. The molecule has 2 bridgehead atoms. The average Bonchev–Trinajstić information content (AvgIpc) is 2.75. The minimum absolute atomic E-state index is 0.234.